The molecule has 1 unspecified atom stereocenters. The number of hydrogen-bond donors (Lipinski definition) is 2. The van der Waals surface area contributed by atoms with Gasteiger partial charge >= 0.3 is 11.8 Å². The summed E-state index contributed by atoms with van der Waals surface area (Å²) in [7, 11) is 0. The van der Waals surface area contributed by atoms with Gasteiger partial charge < -0.3 is 20.9 Å². The lowest BCUT2D eigenvalue weighted by Gasteiger charge is -2.45. The van der Waals surface area contributed by atoms with Gasteiger partial charge in [0, 0.05) is 25.0 Å². The largest absolute Gasteiger partial charge is 0.383 e. The quantitative estimate of drug-likeness (QED) is 0.647. The third-order valence-electron chi connectivity index (χ3n) is 6.52. The number of nitrogens with two attached hydrogens (primary N) is 1. The molecule has 8 nitrogen and oxygen atoms in total. The number of nitrogen functional groups attached to an aromatic ring is 1. The van der Waals surface area contributed by atoms with Crippen molar-refractivity contribution in [1.29, 1.82) is 0 Å². The number of rotatable bonds is 4. The number of carbonyl (C=O) groups is 3. The van der Waals surface area contributed by atoms with Crippen LogP contribution in [0.25, 0.3) is 0 Å². The Morgan fingerprint density at radius 2 is 1.80 bits per heavy atom. The zero-order valence-corrected chi connectivity index (χ0v) is 19.9. The van der Waals surface area contributed by atoms with E-state index in [-0.39, 0.29) is 31.0 Å². The molecule has 1 aliphatic heterocycles. The maximum Gasteiger partial charge on any atom is 0.313 e. The van der Waals surface area contributed by atoms with Gasteiger partial charge in [0.15, 0.2) is 11.6 Å². The van der Waals surface area contributed by atoms with Gasteiger partial charge in [0.25, 0.3) is 0 Å². The number of nitrogens with zero attached hydrogens (tertiary/aromatic N) is 3. The van der Waals surface area contributed by atoms with Crippen LogP contribution in [-0.2, 0) is 14.4 Å². The maximum absolute atomic E-state index is 14.1. The summed E-state index contributed by atoms with van der Waals surface area (Å²) in [4.78, 5) is 46.0. The van der Waals surface area contributed by atoms with E-state index in [1.165, 1.54) is 17.2 Å². The lowest BCUT2D eigenvalue weighted by molar-refractivity contribution is -0.152. The summed E-state index contributed by atoms with van der Waals surface area (Å²) in [6.45, 7) is 5.43. The molecule has 1 aliphatic carbocycles. The monoisotopic (exact) mass is 485 g/mol. The lowest BCUT2D eigenvalue weighted by atomic mass is 9.97. The average Bonchev–Trinajstić information content (AvgIpc) is 3.66. The molecule has 2 aromatic rings. The fraction of sp³-hybridized carbons (Fsp3) is 0.440. The summed E-state index contributed by atoms with van der Waals surface area (Å²) >= 11 is 0. The van der Waals surface area contributed by atoms with Crippen molar-refractivity contribution in [2.45, 2.75) is 51.6 Å². The van der Waals surface area contributed by atoms with Gasteiger partial charge in [0.2, 0.25) is 5.91 Å². The van der Waals surface area contributed by atoms with Crippen molar-refractivity contribution in [2.75, 3.05) is 24.1 Å². The van der Waals surface area contributed by atoms with Gasteiger partial charge in [-0.25, -0.2) is 13.8 Å². The van der Waals surface area contributed by atoms with Crippen molar-refractivity contribution in [3.63, 3.8) is 0 Å². The maximum atomic E-state index is 14.1. The smallest absolute Gasteiger partial charge is 0.313 e. The van der Waals surface area contributed by atoms with E-state index in [2.05, 4.69) is 10.3 Å². The van der Waals surface area contributed by atoms with Crippen molar-refractivity contribution in [3.8, 4) is 0 Å². The van der Waals surface area contributed by atoms with Crippen molar-refractivity contribution >= 4 is 29.2 Å². The Morgan fingerprint density at radius 1 is 1.09 bits per heavy atom. The third kappa shape index (κ3) is 5.11. The molecule has 10 heteroatoms. The highest BCUT2D eigenvalue weighted by molar-refractivity contribution is 6.39. The van der Waals surface area contributed by atoms with E-state index in [0.717, 1.165) is 30.5 Å². The van der Waals surface area contributed by atoms with Crippen molar-refractivity contribution < 1.29 is 23.2 Å². The first-order valence-electron chi connectivity index (χ1n) is 11.7. The summed E-state index contributed by atoms with van der Waals surface area (Å²) < 4.78 is 27.6. The van der Waals surface area contributed by atoms with Crippen LogP contribution in [0, 0.1) is 17.6 Å². The fourth-order valence-electron chi connectivity index (χ4n) is 4.44. The minimum Gasteiger partial charge on any atom is -0.383 e. The molecule has 4 rings (SSSR count). The number of carbonyl (C=O) groups excluding carboxylic acids is 3. The van der Waals surface area contributed by atoms with Crippen LogP contribution in [0.1, 0.15) is 56.7 Å². The molecule has 1 aromatic heterocycles. The minimum atomic E-state index is -1.07. The molecule has 3 amide bonds. The number of piperazine rings is 1. The van der Waals surface area contributed by atoms with Gasteiger partial charge in [-0.3, -0.25) is 14.4 Å². The number of hydrogen-bond acceptors (Lipinski definition) is 5. The Kier molecular flexibility index (Phi) is 6.73. The molecule has 186 valence electrons. The van der Waals surface area contributed by atoms with Crippen LogP contribution in [0.3, 0.4) is 0 Å². The van der Waals surface area contributed by atoms with Crippen LogP contribution < -0.4 is 11.1 Å². The van der Waals surface area contributed by atoms with E-state index in [1.807, 2.05) is 0 Å². The standard InChI is InChI=1S/C25H29F2N5O3/c1-13(2)24(34)31-12-21(16-6-7-19(26)20(27)8-16)32(11-14(31)3)25(35)23(33)30-17-9-18(15-4-5-15)22(28)29-10-17/h6-10,13-15,21H,4-5,11-12H2,1-3H3,(H2,28,29)(H,30,33)/t14-,21?/m1/s1. The van der Waals surface area contributed by atoms with Crippen LogP contribution in [0.15, 0.2) is 30.5 Å². The van der Waals surface area contributed by atoms with E-state index in [4.69, 9.17) is 5.73 Å². The molecule has 0 radical (unpaired) electrons. The molecule has 1 saturated heterocycles. The van der Waals surface area contributed by atoms with Gasteiger partial charge in [-0.2, -0.15) is 0 Å². The first kappa shape index (κ1) is 24.6. The van der Waals surface area contributed by atoms with Crippen LogP contribution in [0.4, 0.5) is 20.3 Å². The van der Waals surface area contributed by atoms with Gasteiger partial charge in [-0.15, -0.1) is 0 Å². The Hall–Kier alpha value is -3.56. The highest BCUT2D eigenvalue weighted by atomic mass is 19.2. The molecule has 2 heterocycles. The number of benzene rings is 1. The second-order valence-electron chi connectivity index (χ2n) is 9.57. The van der Waals surface area contributed by atoms with Gasteiger partial charge in [-0.1, -0.05) is 19.9 Å². The van der Waals surface area contributed by atoms with E-state index < -0.39 is 29.5 Å². The Labute approximate surface area is 202 Å². The van der Waals surface area contributed by atoms with Crippen molar-refractivity contribution in [2.24, 2.45) is 5.92 Å². The highest BCUT2D eigenvalue weighted by Gasteiger charge is 2.40. The Morgan fingerprint density at radius 3 is 2.43 bits per heavy atom. The van der Waals surface area contributed by atoms with Gasteiger partial charge in [0.1, 0.15) is 5.82 Å². The Balaban J connectivity index is 1.60. The van der Waals surface area contributed by atoms with Gasteiger partial charge in [0.05, 0.1) is 17.9 Å². The molecule has 35 heavy (non-hydrogen) atoms. The van der Waals surface area contributed by atoms with Crippen LogP contribution >= 0.6 is 0 Å². The molecule has 1 saturated carbocycles. The number of amides is 3. The topological polar surface area (TPSA) is 109 Å². The molecule has 2 atom stereocenters. The molecule has 2 aliphatic rings. The van der Waals surface area contributed by atoms with Crippen LogP contribution in [0.2, 0.25) is 0 Å². The highest BCUT2D eigenvalue weighted by Crippen LogP contribution is 2.42. The van der Waals surface area contributed by atoms with E-state index in [1.54, 1.807) is 31.7 Å². The minimum absolute atomic E-state index is 0.0531. The molecule has 0 spiro atoms. The lowest BCUT2D eigenvalue weighted by Crippen LogP contribution is -2.59. The van der Waals surface area contributed by atoms with Crippen molar-refractivity contribution in [1.82, 2.24) is 14.8 Å². The summed E-state index contributed by atoms with van der Waals surface area (Å²) in [5.41, 5.74) is 7.41. The van der Waals surface area contributed by atoms with Crippen LogP contribution in [0.5, 0.6) is 0 Å². The number of nitrogens with one attached hydrogen (secondary N) is 1. The summed E-state index contributed by atoms with van der Waals surface area (Å²) in [5.74, 6) is -3.52. The number of aromatic nitrogens is 1. The molecule has 2 fully saturated rings. The fourth-order valence-corrected chi connectivity index (χ4v) is 4.44. The van der Waals surface area contributed by atoms with Gasteiger partial charge in [-0.05, 0) is 55.0 Å². The summed E-state index contributed by atoms with van der Waals surface area (Å²) in [5, 5.41) is 2.59. The average molecular weight is 486 g/mol. The zero-order valence-electron chi connectivity index (χ0n) is 19.9. The SMILES string of the molecule is CC(C)C(=O)N1CC(c2ccc(F)c(F)c2)N(C(=O)C(=O)Nc2cnc(N)c(C3CC3)c2)C[C@H]1C. The van der Waals surface area contributed by atoms with E-state index >= 15 is 0 Å². The van der Waals surface area contributed by atoms with Crippen molar-refractivity contribution in [3.05, 3.63) is 53.2 Å². The molecular formula is C25H29F2N5O3. The normalized spacial score (nSPS) is 20.2. The summed E-state index contributed by atoms with van der Waals surface area (Å²) in [6, 6.07) is 3.86. The molecule has 1 aromatic carbocycles. The number of pyridine rings is 1. The molecule has 3 N–H and O–H groups in total. The second kappa shape index (κ2) is 9.59. The van der Waals surface area contributed by atoms with E-state index in [9.17, 15) is 23.2 Å². The first-order chi connectivity index (χ1) is 16.6. The van der Waals surface area contributed by atoms with E-state index in [0.29, 0.717) is 23.0 Å². The predicted octanol–water partition coefficient (Wildman–Crippen LogP) is 3.21. The zero-order chi connectivity index (χ0) is 25.4. The van der Waals surface area contributed by atoms with Crippen LogP contribution in [-0.4, -0.2) is 51.6 Å². The third-order valence-corrected chi connectivity index (χ3v) is 6.52. The first-order valence-corrected chi connectivity index (χ1v) is 11.7. The molecular weight excluding hydrogens is 456 g/mol. The number of anilines is 2. The predicted molar refractivity (Wildman–Crippen MR) is 126 cm³/mol. The summed E-state index contributed by atoms with van der Waals surface area (Å²) in [6.07, 6.45) is 3.38. The number of halogens is 2. The second-order valence-corrected chi connectivity index (χ2v) is 9.57. The molecule has 0 bridgehead atoms. The Bertz CT molecular complexity index is 1170.